The van der Waals surface area contributed by atoms with E-state index < -0.39 is 5.41 Å². The number of fused-ring (bicyclic) bond motifs is 2. The Hall–Kier alpha value is -4.61. The number of nitriles is 1. The number of hydrogen-bond acceptors (Lipinski definition) is 8. The Kier molecular flexibility index (Phi) is 11.8. The lowest BCUT2D eigenvalue weighted by molar-refractivity contribution is -0.144. The second-order valence-electron chi connectivity index (χ2n) is 11.3. The topological polar surface area (TPSA) is 107 Å². The summed E-state index contributed by atoms with van der Waals surface area (Å²) in [7, 11) is 3.12. The predicted molar refractivity (Wildman–Crippen MR) is 176 cm³/mol. The fourth-order valence-electron chi connectivity index (χ4n) is 5.68. The number of hydrogen-bond donors (Lipinski definition) is 1. The van der Waals surface area contributed by atoms with Gasteiger partial charge in [-0.2, -0.15) is 5.26 Å². The molecule has 4 rings (SSSR count). The van der Waals surface area contributed by atoms with E-state index in [0.717, 1.165) is 27.1 Å². The molecule has 0 fully saturated rings. The highest BCUT2D eigenvalue weighted by Crippen LogP contribution is 2.40. The van der Waals surface area contributed by atoms with Crippen molar-refractivity contribution in [3.05, 3.63) is 83.9 Å². The highest BCUT2D eigenvalue weighted by Gasteiger charge is 2.37. The summed E-state index contributed by atoms with van der Waals surface area (Å²) in [5.74, 6) is 0.438. The number of rotatable bonds is 16. The molecule has 0 saturated carbocycles. The monoisotopic (exact) mass is 610 g/mol. The van der Waals surface area contributed by atoms with Crippen LogP contribution in [0, 0.1) is 17.2 Å². The minimum Gasteiger partial charge on any atom is -0.493 e. The number of carbonyl (C=O) groups excluding carboxylic acids is 2. The van der Waals surface area contributed by atoms with Crippen LogP contribution in [0.4, 0.5) is 0 Å². The zero-order valence-corrected chi connectivity index (χ0v) is 26.6. The second kappa shape index (κ2) is 15.9. The number of nitrogens with one attached hydrogen (secondary N) is 1. The van der Waals surface area contributed by atoms with Crippen molar-refractivity contribution in [1.82, 2.24) is 5.32 Å². The quantitative estimate of drug-likeness (QED) is 0.0823. The number of esters is 2. The van der Waals surface area contributed by atoms with Gasteiger partial charge in [-0.25, -0.2) is 4.79 Å². The molecule has 8 nitrogen and oxygen atoms in total. The zero-order valence-electron chi connectivity index (χ0n) is 26.6. The summed E-state index contributed by atoms with van der Waals surface area (Å²) in [4.78, 5) is 25.7. The molecule has 0 bridgehead atoms. The largest absolute Gasteiger partial charge is 0.493 e. The van der Waals surface area contributed by atoms with Crippen LogP contribution < -0.4 is 14.8 Å². The van der Waals surface area contributed by atoms with E-state index in [4.69, 9.17) is 18.9 Å². The molecule has 4 aromatic rings. The molecule has 1 N–H and O–H groups in total. The normalized spacial score (nSPS) is 12.4. The first kappa shape index (κ1) is 33.3. The van der Waals surface area contributed by atoms with E-state index in [1.165, 1.54) is 0 Å². The first-order valence-corrected chi connectivity index (χ1v) is 15.4. The number of nitrogens with zero attached hydrogens (tertiary/aromatic N) is 1. The molecular weight excluding hydrogens is 568 g/mol. The highest BCUT2D eigenvalue weighted by molar-refractivity contribution is 6.16. The second-order valence-corrected chi connectivity index (χ2v) is 11.3. The molecule has 0 amide bonds. The van der Waals surface area contributed by atoms with Crippen LogP contribution in [-0.4, -0.2) is 52.5 Å². The Morgan fingerprint density at radius 3 is 2.00 bits per heavy atom. The van der Waals surface area contributed by atoms with Gasteiger partial charge in [0.1, 0.15) is 0 Å². The molecule has 4 aromatic carbocycles. The molecule has 1 atom stereocenters. The fourth-order valence-corrected chi connectivity index (χ4v) is 5.68. The van der Waals surface area contributed by atoms with Gasteiger partial charge >= 0.3 is 11.9 Å². The van der Waals surface area contributed by atoms with E-state index in [1.54, 1.807) is 20.3 Å². The third kappa shape index (κ3) is 7.92. The Bertz CT molecular complexity index is 1610. The summed E-state index contributed by atoms with van der Waals surface area (Å²) in [6.45, 7) is 5.87. The number of methoxy groups -OCH3 is 2. The average molecular weight is 611 g/mol. The maximum Gasteiger partial charge on any atom is 0.339 e. The van der Waals surface area contributed by atoms with Crippen molar-refractivity contribution < 1.29 is 28.5 Å². The summed E-state index contributed by atoms with van der Waals surface area (Å²) in [5.41, 5.74) is 0.512. The Morgan fingerprint density at radius 2 is 1.42 bits per heavy atom. The van der Waals surface area contributed by atoms with Crippen molar-refractivity contribution in [2.45, 2.75) is 44.9 Å². The van der Waals surface area contributed by atoms with Gasteiger partial charge in [-0.05, 0) is 83.6 Å². The van der Waals surface area contributed by atoms with Crippen molar-refractivity contribution in [1.29, 1.82) is 5.26 Å². The Labute approximate surface area is 265 Å². The standard InChI is InChI=1S/C37H42N2O6/c1-26(2)37(25-38,29-15-16-32(42-3)33(24-29)43-4)18-17-34(40)44-21-9-19-39-20-10-22-45-36(41)35-30-13-7-5-11-27(30)23-28-12-6-8-14-31(28)35/h5-8,11-16,23-24,26,39H,9-10,17-22H2,1-4H3. The third-order valence-electron chi connectivity index (χ3n) is 8.27. The van der Waals surface area contributed by atoms with Crippen LogP contribution in [0.5, 0.6) is 11.5 Å². The Morgan fingerprint density at radius 1 is 0.822 bits per heavy atom. The van der Waals surface area contributed by atoms with Gasteiger partial charge in [0.05, 0.1) is 44.5 Å². The van der Waals surface area contributed by atoms with Gasteiger partial charge in [-0.1, -0.05) is 68.4 Å². The van der Waals surface area contributed by atoms with E-state index in [-0.39, 0.29) is 30.9 Å². The van der Waals surface area contributed by atoms with Crippen molar-refractivity contribution in [2.24, 2.45) is 5.92 Å². The van der Waals surface area contributed by atoms with Crippen LogP contribution in [0.1, 0.15) is 55.5 Å². The van der Waals surface area contributed by atoms with Crippen molar-refractivity contribution in [2.75, 3.05) is 40.5 Å². The fraction of sp³-hybridized carbons (Fsp3) is 0.378. The molecule has 1 unspecified atom stereocenters. The van der Waals surface area contributed by atoms with Gasteiger partial charge in [0.15, 0.2) is 11.5 Å². The lowest BCUT2D eigenvalue weighted by atomic mass is 9.70. The van der Waals surface area contributed by atoms with Gasteiger partial charge in [0.2, 0.25) is 0 Å². The first-order chi connectivity index (χ1) is 21.8. The molecule has 0 radical (unpaired) electrons. The SMILES string of the molecule is COc1ccc(C(C#N)(CCC(=O)OCCCNCCCOC(=O)c2c3ccccc3cc3ccccc23)C(C)C)cc1OC. The molecule has 8 heteroatoms. The summed E-state index contributed by atoms with van der Waals surface area (Å²) < 4.78 is 21.9. The zero-order chi connectivity index (χ0) is 32.2. The summed E-state index contributed by atoms with van der Waals surface area (Å²) in [6.07, 6.45) is 1.78. The summed E-state index contributed by atoms with van der Waals surface area (Å²) >= 11 is 0. The summed E-state index contributed by atoms with van der Waals surface area (Å²) in [6, 6.07) is 25.7. The van der Waals surface area contributed by atoms with Crippen molar-refractivity contribution in [3.8, 4) is 17.6 Å². The number of benzene rings is 4. The minimum atomic E-state index is -0.871. The first-order valence-electron chi connectivity index (χ1n) is 15.4. The molecule has 0 heterocycles. The van der Waals surface area contributed by atoms with Crippen LogP contribution in [-0.2, 0) is 19.7 Å². The molecular formula is C37H42N2O6. The van der Waals surface area contributed by atoms with Gasteiger partial charge < -0.3 is 24.3 Å². The van der Waals surface area contributed by atoms with Crippen LogP contribution in [0.15, 0.2) is 72.8 Å². The van der Waals surface area contributed by atoms with Gasteiger partial charge in [0.25, 0.3) is 0 Å². The molecule has 0 aromatic heterocycles. The van der Waals surface area contributed by atoms with E-state index >= 15 is 0 Å². The number of carbonyl (C=O) groups is 2. The van der Waals surface area contributed by atoms with Crippen LogP contribution in [0.3, 0.4) is 0 Å². The van der Waals surface area contributed by atoms with Crippen molar-refractivity contribution in [3.63, 3.8) is 0 Å². The molecule has 45 heavy (non-hydrogen) atoms. The van der Waals surface area contributed by atoms with Crippen molar-refractivity contribution >= 4 is 33.5 Å². The van der Waals surface area contributed by atoms with Crippen LogP contribution in [0.25, 0.3) is 21.5 Å². The Balaban J connectivity index is 1.17. The van der Waals surface area contributed by atoms with E-state index in [9.17, 15) is 14.9 Å². The van der Waals surface area contributed by atoms with E-state index in [2.05, 4.69) is 17.5 Å². The number of ether oxygens (including phenoxy) is 4. The van der Waals surface area contributed by atoms with E-state index in [1.807, 2.05) is 74.5 Å². The molecule has 0 saturated heterocycles. The van der Waals surface area contributed by atoms with Crippen LogP contribution in [0.2, 0.25) is 0 Å². The van der Waals surface area contributed by atoms with Crippen LogP contribution >= 0.6 is 0 Å². The molecule has 0 spiro atoms. The van der Waals surface area contributed by atoms with Gasteiger partial charge in [-0.15, -0.1) is 0 Å². The smallest absolute Gasteiger partial charge is 0.339 e. The summed E-state index contributed by atoms with van der Waals surface area (Å²) in [5, 5.41) is 17.3. The molecule has 0 aliphatic heterocycles. The highest BCUT2D eigenvalue weighted by atomic mass is 16.5. The average Bonchev–Trinajstić information content (AvgIpc) is 3.06. The molecule has 236 valence electrons. The lowest BCUT2D eigenvalue weighted by Crippen LogP contribution is -2.32. The predicted octanol–water partition coefficient (Wildman–Crippen LogP) is 6.98. The third-order valence-corrected chi connectivity index (χ3v) is 8.27. The maximum atomic E-state index is 13.1. The minimum absolute atomic E-state index is 0.0386. The lowest BCUT2D eigenvalue weighted by Gasteiger charge is -2.31. The molecule has 0 aliphatic rings. The van der Waals surface area contributed by atoms with E-state index in [0.29, 0.717) is 56.0 Å². The van der Waals surface area contributed by atoms with Gasteiger partial charge in [0, 0.05) is 6.42 Å². The van der Waals surface area contributed by atoms with Gasteiger partial charge in [-0.3, -0.25) is 4.79 Å². The molecule has 0 aliphatic carbocycles. The maximum absolute atomic E-state index is 13.1.